The Morgan fingerprint density at radius 3 is 2.16 bits per heavy atom. The predicted octanol–water partition coefficient (Wildman–Crippen LogP) is 5.76. The van der Waals surface area contributed by atoms with Crippen molar-refractivity contribution in [2.24, 2.45) is 0 Å². The molecule has 7 nitrogen and oxygen atoms in total. The highest BCUT2D eigenvalue weighted by Gasteiger charge is 2.30. The Bertz CT molecular complexity index is 1190. The van der Waals surface area contributed by atoms with Crippen LogP contribution in [0.4, 0.5) is 5.69 Å². The van der Waals surface area contributed by atoms with Gasteiger partial charge >= 0.3 is 0 Å². The third-order valence-electron chi connectivity index (χ3n) is 5.61. The smallest absolute Gasteiger partial charge is 0.269 e. The molecule has 0 aromatic heterocycles. The van der Waals surface area contributed by atoms with Crippen molar-refractivity contribution in [3.63, 3.8) is 0 Å². The minimum Gasteiger partial charge on any atom is -0.352 e. The van der Waals surface area contributed by atoms with E-state index in [1.807, 2.05) is 68.4 Å². The maximum Gasteiger partial charge on any atom is 0.269 e. The molecule has 0 aliphatic carbocycles. The van der Waals surface area contributed by atoms with Gasteiger partial charge in [-0.15, -0.1) is 11.8 Å². The summed E-state index contributed by atoms with van der Waals surface area (Å²) in [5.74, 6) is 0.366. The molecule has 0 aliphatic heterocycles. The first kappa shape index (κ1) is 28.4. The van der Waals surface area contributed by atoms with Crippen molar-refractivity contribution in [1.29, 1.82) is 0 Å². The van der Waals surface area contributed by atoms with E-state index in [0.29, 0.717) is 18.7 Å². The number of hydrogen-bond donors (Lipinski definition) is 1. The molecule has 0 saturated heterocycles. The number of nitro benzene ring substituents is 1. The van der Waals surface area contributed by atoms with Crippen LogP contribution in [0.5, 0.6) is 0 Å². The lowest BCUT2D eigenvalue weighted by molar-refractivity contribution is -0.384. The summed E-state index contributed by atoms with van der Waals surface area (Å²) >= 11 is 4.87. The number of nitrogens with one attached hydrogen (secondary N) is 1. The minimum absolute atomic E-state index is 0.0328. The zero-order valence-corrected chi connectivity index (χ0v) is 23.2. The maximum absolute atomic E-state index is 13.6. The summed E-state index contributed by atoms with van der Waals surface area (Å²) in [6, 6.07) is 23.0. The molecule has 3 aromatic carbocycles. The number of carbonyl (C=O) groups is 2. The van der Waals surface area contributed by atoms with Crippen LogP contribution in [0.15, 0.2) is 83.3 Å². The second-order valence-electron chi connectivity index (χ2n) is 8.93. The van der Waals surface area contributed by atoms with Crippen molar-refractivity contribution >= 4 is 45.2 Å². The zero-order chi connectivity index (χ0) is 26.8. The normalized spacial score (nSPS) is 11.7. The molecule has 0 spiro atoms. The minimum atomic E-state index is -0.680. The molecular formula is C28H30BrN3O4S. The Kier molecular flexibility index (Phi) is 10.7. The lowest BCUT2D eigenvalue weighted by atomic mass is 10.0. The Hall–Kier alpha value is -3.17. The molecule has 1 atom stereocenters. The van der Waals surface area contributed by atoms with Gasteiger partial charge in [-0.25, -0.2) is 0 Å². The summed E-state index contributed by atoms with van der Waals surface area (Å²) in [5.41, 5.74) is 2.82. The Labute approximate surface area is 229 Å². The number of rotatable bonds is 12. The highest BCUT2D eigenvalue weighted by molar-refractivity contribution is 9.10. The third-order valence-corrected chi connectivity index (χ3v) is 7.13. The van der Waals surface area contributed by atoms with Gasteiger partial charge in [0.25, 0.3) is 5.69 Å². The quantitative estimate of drug-likeness (QED) is 0.216. The lowest BCUT2D eigenvalue weighted by Crippen LogP contribution is -2.52. The van der Waals surface area contributed by atoms with Gasteiger partial charge in [-0.1, -0.05) is 70.5 Å². The van der Waals surface area contributed by atoms with Gasteiger partial charge < -0.3 is 10.2 Å². The average Bonchev–Trinajstić information content (AvgIpc) is 2.87. The molecule has 37 heavy (non-hydrogen) atoms. The molecule has 9 heteroatoms. The molecule has 0 bridgehead atoms. The zero-order valence-electron chi connectivity index (χ0n) is 20.8. The first-order chi connectivity index (χ1) is 17.7. The maximum atomic E-state index is 13.6. The molecular weight excluding hydrogens is 554 g/mol. The average molecular weight is 585 g/mol. The predicted molar refractivity (Wildman–Crippen MR) is 151 cm³/mol. The van der Waals surface area contributed by atoms with Crippen LogP contribution in [-0.2, 0) is 28.3 Å². The summed E-state index contributed by atoms with van der Waals surface area (Å²) in [6.45, 7) is 4.10. The number of amides is 2. The van der Waals surface area contributed by atoms with Gasteiger partial charge in [-0.2, -0.15) is 0 Å². The van der Waals surface area contributed by atoms with Crippen molar-refractivity contribution in [2.45, 2.75) is 44.6 Å². The van der Waals surface area contributed by atoms with Gasteiger partial charge in [0.2, 0.25) is 11.8 Å². The van der Waals surface area contributed by atoms with Gasteiger partial charge in [0.1, 0.15) is 6.04 Å². The van der Waals surface area contributed by atoms with Crippen molar-refractivity contribution < 1.29 is 14.5 Å². The third kappa shape index (κ3) is 9.02. The largest absolute Gasteiger partial charge is 0.352 e. The molecule has 194 valence electrons. The first-order valence-corrected chi connectivity index (χ1v) is 13.9. The Balaban J connectivity index is 1.81. The van der Waals surface area contributed by atoms with Crippen LogP contribution in [-0.4, -0.2) is 39.5 Å². The van der Waals surface area contributed by atoms with Crippen LogP contribution in [0.2, 0.25) is 0 Å². The monoisotopic (exact) mass is 583 g/mol. The molecule has 0 aliphatic rings. The highest BCUT2D eigenvalue weighted by Crippen LogP contribution is 2.21. The van der Waals surface area contributed by atoms with Gasteiger partial charge in [0, 0.05) is 41.4 Å². The van der Waals surface area contributed by atoms with Gasteiger partial charge in [-0.05, 0) is 42.7 Å². The lowest BCUT2D eigenvalue weighted by Gasteiger charge is -2.32. The standard InChI is InChI=1S/C28H30BrN3O4S/c1-20(2)30-28(34)26(16-21-6-4-3-5-7-21)31(17-22-8-12-24(29)13-9-22)27(33)19-37-18-23-10-14-25(15-11-23)32(35)36/h3-15,20,26H,16-19H2,1-2H3,(H,30,34). The fraction of sp³-hybridized carbons (Fsp3) is 0.286. The van der Waals surface area contributed by atoms with Gasteiger partial charge in [-0.3, -0.25) is 19.7 Å². The second-order valence-corrected chi connectivity index (χ2v) is 10.8. The number of benzene rings is 3. The number of halogens is 1. The molecule has 2 amide bonds. The summed E-state index contributed by atoms with van der Waals surface area (Å²) in [7, 11) is 0. The Morgan fingerprint density at radius 2 is 1.57 bits per heavy atom. The van der Waals surface area contributed by atoms with E-state index in [2.05, 4.69) is 21.2 Å². The van der Waals surface area contributed by atoms with Crippen LogP contribution in [0, 0.1) is 10.1 Å². The van der Waals surface area contributed by atoms with Crippen molar-refractivity contribution in [1.82, 2.24) is 10.2 Å². The van der Waals surface area contributed by atoms with E-state index in [0.717, 1.165) is 21.2 Å². The van der Waals surface area contributed by atoms with E-state index >= 15 is 0 Å². The molecule has 1 N–H and O–H groups in total. The van der Waals surface area contributed by atoms with Crippen LogP contribution in [0.1, 0.15) is 30.5 Å². The Morgan fingerprint density at radius 1 is 0.946 bits per heavy atom. The van der Waals surface area contributed by atoms with E-state index in [9.17, 15) is 19.7 Å². The first-order valence-electron chi connectivity index (χ1n) is 11.9. The van der Waals surface area contributed by atoms with Crippen LogP contribution in [0.25, 0.3) is 0 Å². The van der Waals surface area contributed by atoms with E-state index in [1.165, 1.54) is 23.9 Å². The number of nitro groups is 1. The molecule has 0 heterocycles. The van der Waals surface area contributed by atoms with Gasteiger partial charge in [0.05, 0.1) is 10.7 Å². The summed E-state index contributed by atoms with van der Waals surface area (Å²) in [6.07, 6.45) is 0.398. The number of hydrogen-bond acceptors (Lipinski definition) is 5. The van der Waals surface area contributed by atoms with Crippen molar-refractivity contribution in [2.75, 3.05) is 5.75 Å². The van der Waals surface area contributed by atoms with Crippen LogP contribution < -0.4 is 5.32 Å². The van der Waals surface area contributed by atoms with E-state index in [1.54, 1.807) is 17.0 Å². The number of carbonyl (C=O) groups excluding carboxylic acids is 2. The second kappa shape index (κ2) is 13.9. The SMILES string of the molecule is CC(C)NC(=O)C(Cc1ccccc1)N(Cc1ccc(Br)cc1)C(=O)CSCc1ccc([N+](=O)[O-])cc1. The number of thioether (sulfide) groups is 1. The fourth-order valence-corrected chi connectivity index (χ4v) is 4.91. The van der Waals surface area contributed by atoms with Crippen LogP contribution in [0.3, 0.4) is 0 Å². The van der Waals surface area contributed by atoms with E-state index in [4.69, 9.17) is 0 Å². The topological polar surface area (TPSA) is 92.6 Å². The summed E-state index contributed by atoms with van der Waals surface area (Å²) < 4.78 is 0.936. The molecule has 3 aromatic rings. The van der Waals surface area contributed by atoms with E-state index in [-0.39, 0.29) is 29.3 Å². The van der Waals surface area contributed by atoms with Crippen molar-refractivity contribution in [3.05, 3.63) is 110 Å². The fourth-order valence-electron chi connectivity index (χ4n) is 3.77. The summed E-state index contributed by atoms with van der Waals surface area (Å²) in [4.78, 5) is 39.1. The van der Waals surface area contributed by atoms with Gasteiger partial charge in [0.15, 0.2) is 0 Å². The van der Waals surface area contributed by atoms with E-state index < -0.39 is 11.0 Å². The molecule has 0 saturated carbocycles. The van der Waals surface area contributed by atoms with Crippen LogP contribution >= 0.6 is 27.7 Å². The molecule has 1 unspecified atom stereocenters. The number of non-ortho nitro benzene ring substituents is 1. The molecule has 0 radical (unpaired) electrons. The number of nitrogens with zero attached hydrogens (tertiary/aromatic N) is 2. The molecule has 3 rings (SSSR count). The highest BCUT2D eigenvalue weighted by atomic mass is 79.9. The molecule has 0 fully saturated rings. The van der Waals surface area contributed by atoms with Crippen molar-refractivity contribution in [3.8, 4) is 0 Å². The summed E-state index contributed by atoms with van der Waals surface area (Å²) in [5, 5.41) is 13.9.